The summed E-state index contributed by atoms with van der Waals surface area (Å²) in [5.74, 6) is 2.53. The molecule has 4 saturated heterocycles. The quantitative estimate of drug-likeness (QED) is 0.777. The predicted octanol–water partition coefficient (Wildman–Crippen LogP) is 2.09. The highest BCUT2D eigenvalue weighted by Gasteiger charge is 2.47. The zero-order chi connectivity index (χ0) is 12.3. The number of hydrogen-bond acceptors (Lipinski definition) is 4. The lowest BCUT2D eigenvalue weighted by atomic mass is 9.67. The molecule has 5 fully saturated rings. The van der Waals surface area contributed by atoms with Crippen molar-refractivity contribution in [3.63, 3.8) is 0 Å². The first kappa shape index (κ1) is 12.0. The normalized spacial score (nSPS) is 52.3. The van der Waals surface area contributed by atoms with Crippen LogP contribution in [0.1, 0.15) is 39.0 Å². The largest absolute Gasteiger partial charge is 0.327 e. The maximum absolute atomic E-state index is 6.16. The van der Waals surface area contributed by atoms with Crippen LogP contribution in [0.15, 0.2) is 0 Å². The monoisotopic (exact) mass is 267 g/mol. The summed E-state index contributed by atoms with van der Waals surface area (Å²) in [7, 11) is 0. The number of hydrogen-bond donors (Lipinski definition) is 1. The summed E-state index contributed by atoms with van der Waals surface area (Å²) in [6, 6.07) is 2.23. The Kier molecular flexibility index (Phi) is 2.91. The first-order valence-corrected chi connectivity index (χ1v) is 8.40. The Labute approximate surface area is 115 Å². The van der Waals surface area contributed by atoms with Crippen LogP contribution in [-0.4, -0.2) is 39.8 Å². The molecule has 2 N–H and O–H groups in total. The smallest absolute Gasteiger partial charge is 0.0220 e. The van der Waals surface area contributed by atoms with Crippen LogP contribution in [0.3, 0.4) is 0 Å². The van der Waals surface area contributed by atoms with Crippen molar-refractivity contribution < 1.29 is 0 Å². The standard InChI is InChI=1S/C14H25N3S/c1-9-4-12-2-3-13(5-9)17(12)18-16-7-10-6-11(8-16)14(10)15/h9-14H,2-8,15H2,1H3. The molecular formula is C14H25N3S. The van der Waals surface area contributed by atoms with Crippen molar-refractivity contribution in [1.82, 2.24) is 8.61 Å². The SMILES string of the molecule is CC1CC2CCC(C1)N2SN1CC2CC(C1)C2N. The average Bonchev–Trinajstić information content (AvgIpc) is 2.61. The van der Waals surface area contributed by atoms with Crippen LogP contribution in [0.25, 0.3) is 0 Å². The second-order valence-electron chi connectivity index (χ2n) is 7.08. The highest BCUT2D eigenvalue weighted by atomic mass is 32.2. The average molecular weight is 267 g/mol. The van der Waals surface area contributed by atoms with E-state index in [1.165, 1.54) is 45.2 Å². The summed E-state index contributed by atoms with van der Waals surface area (Å²) in [5.41, 5.74) is 6.16. The molecular weight excluding hydrogens is 242 g/mol. The zero-order valence-electron chi connectivity index (χ0n) is 11.3. The third kappa shape index (κ3) is 1.84. The summed E-state index contributed by atoms with van der Waals surface area (Å²) in [6.45, 7) is 4.89. The van der Waals surface area contributed by atoms with Crippen LogP contribution < -0.4 is 5.73 Å². The topological polar surface area (TPSA) is 32.5 Å². The molecule has 4 aliphatic heterocycles. The van der Waals surface area contributed by atoms with Crippen molar-refractivity contribution in [2.45, 2.75) is 57.2 Å². The molecule has 18 heavy (non-hydrogen) atoms. The molecule has 4 bridgehead atoms. The molecule has 5 aliphatic rings. The van der Waals surface area contributed by atoms with Gasteiger partial charge in [-0.25, -0.2) is 8.61 Å². The highest BCUT2D eigenvalue weighted by Crippen LogP contribution is 2.46. The van der Waals surface area contributed by atoms with Gasteiger partial charge in [0.15, 0.2) is 0 Å². The summed E-state index contributed by atoms with van der Waals surface area (Å²) in [4.78, 5) is 0. The van der Waals surface area contributed by atoms with E-state index in [-0.39, 0.29) is 0 Å². The van der Waals surface area contributed by atoms with Crippen molar-refractivity contribution in [3.05, 3.63) is 0 Å². The van der Waals surface area contributed by atoms with Crippen LogP contribution in [0.2, 0.25) is 0 Å². The fourth-order valence-corrected chi connectivity index (χ4v) is 6.05. The number of nitrogens with two attached hydrogens (primary N) is 1. The summed E-state index contributed by atoms with van der Waals surface area (Å²) in [5, 5.41) is 0. The van der Waals surface area contributed by atoms with Crippen molar-refractivity contribution in [2.24, 2.45) is 23.5 Å². The van der Waals surface area contributed by atoms with Crippen LogP contribution in [0, 0.1) is 17.8 Å². The lowest BCUT2D eigenvalue weighted by Crippen LogP contribution is -2.61. The van der Waals surface area contributed by atoms with Gasteiger partial charge in [-0.05, 0) is 49.9 Å². The molecule has 0 aromatic carbocycles. The first-order valence-electron chi connectivity index (χ1n) is 7.67. The van der Waals surface area contributed by atoms with Crippen LogP contribution in [0.5, 0.6) is 0 Å². The van der Waals surface area contributed by atoms with Crippen molar-refractivity contribution in [3.8, 4) is 0 Å². The van der Waals surface area contributed by atoms with Crippen molar-refractivity contribution in [2.75, 3.05) is 13.1 Å². The first-order chi connectivity index (χ1) is 8.70. The van der Waals surface area contributed by atoms with E-state index < -0.39 is 0 Å². The van der Waals surface area contributed by atoms with E-state index >= 15 is 0 Å². The molecule has 102 valence electrons. The van der Waals surface area contributed by atoms with Gasteiger partial charge in [0.1, 0.15) is 0 Å². The second-order valence-corrected chi connectivity index (χ2v) is 8.18. The molecule has 4 heteroatoms. The minimum atomic E-state index is 0.514. The van der Waals surface area contributed by atoms with Gasteiger partial charge in [0.2, 0.25) is 0 Å². The van der Waals surface area contributed by atoms with E-state index in [4.69, 9.17) is 5.73 Å². The Morgan fingerprint density at radius 2 is 1.61 bits per heavy atom. The van der Waals surface area contributed by atoms with E-state index in [1.807, 2.05) is 0 Å². The molecule has 5 rings (SSSR count). The molecule has 4 unspecified atom stereocenters. The van der Waals surface area contributed by atoms with Gasteiger partial charge in [-0.1, -0.05) is 6.92 Å². The van der Waals surface area contributed by atoms with Crippen LogP contribution >= 0.6 is 12.1 Å². The van der Waals surface area contributed by atoms with Crippen molar-refractivity contribution >= 4 is 12.1 Å². The molecule has 4 atom stereocenters. The predicted molar refractivity (Wildman–Crippen MR) is 75.8 cm³/mol. The number of nitrogens with zero attached hydrogens (tertiary/aromatic N) is 2. The molecule has 3 nitrogen and oxygen atoms in total. The Balaban J connectivity index is 1.38. The molecule has 0 spiro atoms. The fourth-order valence-electron chi connectivity index (χ4n) is 4.62. The Bertz CT molecular complexity index is 311. The Morgan fingerprint density at radius 3 is 2.17 bits per heavy atom. The molecule has 0 amide bonds. The maximum Gasteiger partial charge on any atom is 0.0220 e. The summed E-state index contributed by atoms with van der Waals surface area (Å²) >= 11 is 2.07. The third-order valence-electron chi connectivity index (χ3n) is 5.68. The number of rotatable bonds is 2. The molecule has 1 aliphatic carbocycles. The van der Waals surface area contributed by atoms with Gasteiger partial charge in [-0.3, -0.25) is 0 Å². The third-order valence-corrected chi connectivity index (χ3v) is 7.00. The van der Waals surface area contributed by atoms with Gasteiger partial charge >= 0.3 is 0 Å². The lowest BCUT2D eigenvalue weighted by Gasteiger charge is -2.52. The Hall–Kier alpha value is 0.230. The van der Waals surface area contributed by atoms with Gasteiger partial charge in [0.25, 0.3) is 0 Å². The van der Waals surface area contributed by atoms with E-state index in [0.29, 0.717) is 6.04 Å². The maximum atomic E-state index is 6.16. The van der Waals surface area contributed by atoms with Gasteiger partial charge in [-0.2, -0.15) is 0 Å². The lowest BCUT2D eigenvalue weighted by molar-refractivity contribution is 0.0474. The van der Waals surface area contributed by atoms with Gasteiger partial charge in [0, 0.05) is 43.3 Å². The molecule has 4 heterocycles. The van der Waals surface area contributed by atoms with Gasteiger partial charge in [-0.15, -0.1) is 0 Å². The fraction of sp³-hybridized carbons (Fsp3) is 1.00. The van der Waals surface area contributed by atoms with Gasteiger partial charge < -0.3 is 5.73 Å². The number of piperidine rings is 3. The number of fused-ring (bicyclic) bond motifs is 4. The molecule has 0 aromatic rings. The molecule has 0 radical (unpaired) electrons. The highest BCUT2D eigenvalue weighted by molar-refractivity contribution is 7.94. The second kappa shape index (κ2) is 4.37. The molecule has 1 saturated carbocycles. The molecule has 0 aromatic heterocycles. The minimum Gasteiger partial charge on any atom is -0.327 e. The van der Waals surface area contributed by atoms with E-state index in [2.05, 4.69) is 27.7 Å². The van der Waals surface area contributed by atoms with Crippen LogP contribution in [-0.2, 0) is 0 Å². The summed E-state index contributed by atoms with van der Waals surface area (Å²) in [6.07, 6.45) is 7.10. The minimum absolute atomic E-state index is 0.514. The summed E-state index contributed by atoms with van der Waals surface area (Å²) < 4.78 is 5.36. The van der Waals surface area contributed by atoms with E-state index in [0.717, 1.165) is 29.8 Å². The van der Waals surface area contributed by atoms with E-state index in [1.54, 1.807) is 0 Å². The van der Waals surface area contributed by atoms with E-state index in [9.17, 15) is 0 Å². The van der Waals surface area contributed by atoms with Gasteiger partial charge in [0.05, 0.1) is 0 Å². The Morgan fingerprint density at radius 1 is 1.00 bits per heavy atom. The zero-order valence-corrected chi connectivity index (χ0v) is 12.1. The van der Waals surface area contributed by atoms with Crippen LogP contribution in [0.4, 0.5) is 0 Å². The van der Waals surface area contributed by atoms with Crippen molar-refractivity contribution in [1.29, 1.82) is 0 Å².